The summed E-state index contributed by atoms with van der Waals surface area (Å²) in [6.07, 6.45) is 5.97. The highest BCUT2D eigenvalue weighted by Crippen LogP contribution is 2.33. The van der Waals surface area contributed by atoms with E-state index in [4.69, 9.17) is 9.97 Å². The van der Waals surface area contributed by atoms with Crippen LogP contribution in [0, 0.1) is 6.92 Å². The Labute approximate surface area is 167 Å². The Morgan fingerprint density at radius 1 is 1.15 bits per heavy atom. The van der Waals surface area contributed by atoms with Gasteiger partial charge in [0.1, 0.15) is 17.2 Å². The van der Waals surface area contributed by atoms with E-state index in [0.29, 0.717) is 6.04 Å². The van der Waals surface area contributed by atoms with Crippen LogP contribution >= 0.6 is 0 Å². The van der Waals surface area contributed by atoms with Crippen molar-refractivity contribution in [3.05, 3.63) is 47.4 Å². The highest BCUT2D eigenvalue weighted by atomic mass is 35.5. The molecule has 27 heavy (non-hydrogen) atoms. The van der Waals surface area contributed by atoms with Crippen LogP contribution in [-0.2, 0) is 0 Å². The molecule has 0 bridgehead atoms. The van der Waals surface area contributed by atoms with Gasteiger partial charge in [0, 0.05) is 30.8 Å². The van der Waals surface area contributed by atoms with E-state index in [0.717, 1.165) is 30.4 Å². The number of anilines is 1. The molecule has 4 rings (SSSR count). The van der Waals surface area contributed by atoms with Gasteiger partial charge in [-0.3, -0.25) is 5.32 Å². The SMILES string of the molecule is Cc1nc2c(c(N3CCCCC3CN(C)C)n1)[NH2+]C(c1ccccc1)=C2.[Cl-]. The molecule has 0 spiro atoms. The van der Waals surface area contributed by atoms with Gasteiger partial charge in [0.05, 0.1) is 0 Å². The molecule has 0 radical (unpaired) electrons. The molecule has 1 atom stereocenters. The number of piperidine rings is 1. The smallest absolute Gasteiger partial charge is 0.203 e. The Kier molecular flexibility index (Phi) is 6.15. The van der Waals surface area contributed by atoms with Gasteiger partial charge >= 0.3 is 0 Å². The van der Waals surface area contributed by atoms with Gasteiger partial charge in [0.25, 0.3) is 0 Å². The van der Waals surface area contributed by atoms with Crippen molar-refractivity contribution in [1.82, 2.24) is 14.9 Å². The van der Waals surface area contributed by atoms with Gasteiger partial charge in [0.15, 0.2) is 5.82 Å². The number of rotatable bonds is 4. The van der Waals surface area contributed by atoms with Crippen LogP contribution < -0.4 is 22.6 Å². The van der Waals surface area contributed by atoms with Crippen molar-refractivity contribution in [2.45, 2.75) is 32.2 Å². The van der Waals surface area contributed by atoms with Gasteiger partial charge in [-0.2, -0.15) is 0 Å². The largest absolute Gasteiger partial charge is 1.00 e. The van der Waals surface area contributed by atoms with Crippen LogP contribution in [0.4, 0.5) is 11.5 Å². The number of nitrogens with zero attached hydrogens (tertiary/aromatic N) is 4. The maximum absolute atomic E-state index is 4.89. The number of hydrogen-bond acceptors (Lipinski definition) is 4. The fourth-order valence-corrected chi connectivity index (χ4v) is 4.09. The van der Waals surface area contributed by atoms with E-state index in [1.165, 1.54) is 36.2 Å². The van der Waals surface area contributed by atoms with Crippen LogP contribution in [0.3, 0.4) is 0 Å². The molecule has 2 N–H and O–H groups in total. The summed E-state index contributed by atoms with van der Waals surface area (Å²) in [6, 6.07) is 11.1. The van der Waals surface area contributed by atoms with Crippen LogP contribution in [0.15, 0.2) is 30.3 Å². The zero-order valence-corrected chi connectivity index (χ0v) is 17.1. The van der Waals surface area contributed by atoms with E-state index in [2.05, 4.69) is 65.6 Å². The fraction of sp³-hybridized carbons (Fsp3) is 0.429. The third-order valence-electron chi connectivity index (χ3n) is 5.24. The first-order chi connectivity index (χ1) is 12.6. The predicted octanol–water partition coefficient (Wildman–Crippen LogP) is -0.584. The molecule has 2 aliphatic heterocycles. The third-order valence-corrected chi connectivity index (χ3v) is 5.24. The first-order valence-corrected chi connectivity index (χ1v) is 9.53. The van der Waals surface area contributed by atoms with E-state index in [1.54, 1.807) is 0 Å². The lowest BCUT2D eigenvalue weighted by Gasteiger charge is -2.38. The van der Waals surface area contributed by atoms with Gasteiger partial charge in [-0.25, -0.2) is 9.97 Å². The lowest BCUT2D eigenvalue weighted by molar-refractivity contribution is -0.464. The molecule has 3 heterocycles. The van der Waals surface area contributed by atoms with E-state index in [1.807, 2.05) is 6.92 Å². The Morgan fingerprint density at radius 3 is 2.67 bits per heavy atom. The summed E-state index contributed by atoms with van der Waals surface area (Å²) >= 11 is 0. The number of quaternary nitrogens is 1. The predicted molar refractivity (Wildman–Crippen MR) is 106 cm³/mol. The Balaban J connectivity index is 0.00000210. The first-order valence-electron chi connectivity index (χ1n) is 9.53. The topological polar surface area (TPSA) is 48.9 Å². The van der Waals surface area contributed by atoms with Crippen molar-refractivity contribution in [1.29, 1.82) is 0 Å². The minimum atomic E-state index is 0. The first kappa shape index (κ1) is 19.8. The van der Waals surface area contributed by atoms with Crippen molar-refractivity contribution in [3.63, 3.8) is 0 Å². The molecule has 2 aromatic rings. The molecule has 1 fully saturated rings. The molecule has 0 aliphatic carbocycles. The van der Waals surface area contributed by atoms with Crippen molar-refractivity contribution in [2.75, 3.05) is 32.1 Å². The second-order valence-corrected chi connectivity index (χ2v) is 7.61. The van der Waals surface area contributed by atoms with E-state index < -0.39 is 0 Å². The number of halogens is 1. The zero-order chi connectivity index (χ0) is 18.1. The summed E-state index contributed by atoms with van der Waals surface area (Å²) in [6.45, 7) is 4.15. The van der Waals surface area contributed by atoms with Crippen LogP contribution in [0.5, 0.6) is 0 Å². The normalized spacial score (nSPS) is 18.9. The number of aromatic nitrogens is 2. The van der Waals surface area contributed by atoms with Crippen LogP contribution in [0.25, 0.3) is 11.8 Å². The molecule has 1 saturated heterocycles. The van der Waals surface area contributed by atoms with E-state index in [9.17, 15) is 0 Å². The van der Waals surface area contributed by atoms with Gasteiger partial charge in [-0.15, -0.1) is 0 Å². The van der Waals surface area contributed by atoms with Crippen molar-refractivity contribution in [3.8, 4) is 0 Å². The summed E-state index contributed by atoms with van der Waals surface area (Å²) in [7, 11) is 4.31. The van der Waals surface area contributed by atoms with Gasteiger partial charge in [-0.1, -0.05) is 18.2 Å². The van der Waals surface area contributed by atoms with Crippen molar-refractivity contribution in [2.24, 2.45) is 0 Å². The average Bonchev–Trinajstić information content (AvgIpc) is 3.06. The zero-order valence-electron chi connectivity index (χ0n) is 16.3. The van der Waals surface area contributed by atoms with Crippen LogP contribution in [0.2, 0.25) is 0 Å². The quantitative estimate of drug-likeness (QED) is 0.764. The standard InChI is InChI=1S/C21H27N5.ClH/c1-15-22-19-13-18(16-9-5-4-6-10-16)24-20(19)21(23-15)26-12-8-7-11-17(26)14-25(2)3;/h4-6,9-10,13,17,24H,7-8,11-12,14H2,1-3H3;1H. The number of benzene rings is 1. The lowest BCUT2D eigenvalue weighted by Crippen LogP contribution is -3.00. The molecule has 2 aliphatic rings. The Hall–Kier alpha value is -1.95. The summed E-state index contributed by atoms with van der Waals surface area (Å²) in [5.74, 6) is 1.97. The van der Waals surface area contributed by atoms with Crippen molar-refractivity contribution >= 4 is 23.3 Å². The van der Waals surface area contributed by atoms with Gasteiger partial charge in [0.2, 0.25) is 5.69 Å². The second-order valence-electron chi connectivity index (χ2n) is 7.61. The minimum Gasteiger partial charge on any atom is -1.00 e. The average molecular weight is 386 g/mol. The highest BCUT2D eigenvalue weighted by Gasteiger charge is 2.32. The fourth-order valence-electron chi connectivity index (χ4n) is 4.09. The van der Waals surface area contributed by atoms with E-state index >= 15 is 0 Å². The maximum atomic E-state index is 4.89. The highest BCUT2D eigenvalue weighted by molar-refractivity contribution is 5.86. The molecule has 5 nitrogen and oxygen atoms in total. The maximum Gasteiger partial charge on any atom is 0.203 e. The molecule has 1 aromatic heterocycles. The number of aryl methyl sites for hydroxylation is 1. The van der Waals surface area contributed by atoms with Crippen LogP contribution in [0.1, 0.15) is 36.3 Å². The molecular formula is C21H28ClN5. The Bertz CT molecular complexity index is 819. The number of hydrogen-bond donors (Lipinski definition) is 1. The number of nitrogens with two attached hydrogens (primary N) is 1. The minimum absolute atomic E-state index is 0. The summed E-state index contributed by atoms with van der Waals surface area (Å²) < 4.78 is 0. The molecule has 1 unspecified atom stereocenters. The molecule has 0 amide bonds. The molecule has 0 saturated carbocycles. The monoisotopic (exact) mass is 385 g/mol. The number of fused-ring (bicyclic) bond motifs is 1. The number of likely N-dealkylation sites (N-methyl/N-ethyl adjacent to an activating group) is 1. The Morgan fingerprint density at radius 2 is 1.93 bits per heavy atom. The molecule has 144 valence electrons. The van der Waals surface area contributed by atoms with E-state index in [-0.39, 0.29) is 12.4 Å². The molecule has 6 heteroatoms. The lowest BCUT2D eigenvalue weighted by atomic mass is 10.0. The summed E-state index contributed by atoms with van der Waals surface area (Å²) in [4.78, 5) is 14.4. The van der Waals surface area contributed by atoms with Crippen LogP contribution in [-0.4, -0.2) is 48.1 Å². The second kappa shape index (κ2) is 8.38. The molecular weight excluding hydrogens is 358 g/mol. The third kappa shape index (κ3) is 4.15. The van der Waals surface area contributed by atoms with Gasteiger partial charge < -0.3 is 22.2 Å². The summed E-state index contributed by atoms with van der Waals surface area (Å²) in [5, 5.41) is 2.26. The summed E-state index contributed by atoms with van der Waals surface area (Å²) in [5.41, 5.74) is 4.70. The van der Waals surface area contributed by atoms with Crippen molar-refractivity contribution < 1.29 is 17.7 Å². The van der Waals surface area contributed by atoms with Gasteiger partial charge in [-0.05, 0) is 52.4 Å². The molecule has 1 aromatic carbocycles.